The molecule has 4 aromatic carbocycles. The lowest BCUT2D eigenvalue weighted by Gasteiger charge is -2.08. The van der Waals surface area contributed by atoms with Crippen LogP contribution in [0.5, 0.6) is 0 Å². The van der Waals surface area contributed by atoms with Gasteiger partial charge in [0.1, 0.15) is 0 Å². The van der Waals surface area contributed by atoms with Crippen LogP contribution in [0.25, 0.3) is 24.3 Å². The first-order valence-corrected chi connectivity index (χ1v) is 12.2. The SMILES string of the molecule is CC(C)c1cccc(/C=C/c2ccccc2)c1.CC(C)c1ccccc1/C=C/c1ccccc1. The summed E-state index contributed by atoms with van der Waals surface area (Å²) in [5.41, 5.74) is 7.85. The van der Waals surface area contributed by atoms with Crippen molar-refractivity contribution in [3.63, 3.8) is 0 Å². The van der Waals surface area contributed by atoms with E-state index in [0.717, 1.165) is 0 Å². The highest BCUT2D eigenvalue weighted by molar-refractivity contribution is 5.71. The zero-order valence-corrected chi connectivity index (χ0v) is 20.9. The Balaban J connectivity index is 0.000000191. The average Bonchev–Trinajstić information content (AvgIpc) is 2.88. The molecule has 172 valence electrons. The van der Waals surface area contributed by atoms with Gasteiger partial charge in [-0.3, -0.25) is 0 Å². The van der Waals surface area contributed by atoms with E-state index in [1.54, 1.807) is 0 Å². The third-order valence-electron chi connectivity index (χ3n) is 5.72. The molecule has 0 N–H and O–H groups in total. The van der Waals surface area contributed by atoms with Crippen LogP contribution in [0.1, 0.15) is 72.9 Å². The van der Waals surface area contributed by atoms with Gasteiger partial charge in [-0.05, 0) is 45.2 Å². The van der Waals surface area contributed by atoms with Gasteiger partial charge in [0.15, 0.2) is 0 Å². The van der Waals surface area contributed by atoms with E-state index >= 15 is 0 Å². The maximum atomic E-state index is 2.25. The van der Waals surface area contributed by atoms with Gasteiger partial charge in [-0.1, -0.05) is 161 Å². The molecule has 0 aliphatic heterocycles. The summed E-state index contributed by atoms with van der Waals surface area (Å²) in [6.07, 6.45) is 8.69. The van der Waals surface area contributed by atoms with Crippen LogP contribution >= 0.6 is 0 Å². The van der Waals surface area contributed by atoms with Crippen LogP contribution in [0.3, 0.4) is 0 Å². The first-order chi connectivity index (χ1) is 16.5. The molecule has 0 saturated heterocycles. The highest BCUT2D eigenvalue weighted by atomic mass is 14.1. The lowest BCUT2D eigenvalue weighted by atomic mass is 9.97. The molecule has 0 aromatic heterocycles. The first kappa shape index (κ1) is 25.0. The standard InChI is InChI=1S/2C17H18/c1-14(2)17-11-7-6-10-16(17)13-12-15-8-4-3-5-9-15;1-14(2)17-10-6-9-16(13-17)12-11-15-7-4-3-5-8-15/h2*3-14H,1-2H3/b13-12+;12-11+. The second-order valence-corrected chi connectivity index (χ2v) is 9.10. The summed E-state index contributed by atoms with van der Waals surface area (Å²) in [5, 5.41) is 0. The number of hydrogen-bond acceptors (Lipinski definition) is 0. The molecule has 0 fully saturated rings. The van der Waals surface area contributed by atoms with E-state index in [4.69, 9.17) is 0 Å². The zero-order valence-electron chi connectivity index (χ0n) is 20.9. The number of benzene rings is 4. The van der Waals surface area contributed by atoms with Crippen LogP contribution in [-0.2, 0) is 0 Å². The van der Waals surface area contributed by atoms with Crippen molar-refractivity contribution in [1.82, 2.24) is 0 Å². The van der Waals surface area contributed by atoms with Crippen LogP contribution < -0.4 is 0 Å². The van der Waals surface area contributed by atoms with Crippen molar-refractivity contribution in [2.75, 3.05) is 0 Å². The lowest BCUT2D eigenvalue weighted by Crippen LogP contribution is -1.90. The van der Waals surface area contributed by atoms with Crippen molar-refractivity contribution in [1.29, 1.82) is 0 Å². The molecule has 4 aromatic rings. The average molecular weight is 445 g/mol. The van der Waals surface area contributed by atoms with Gasteiger partial charge in [0.05, 0.1) is 0 Å². The van der Waals surface area contributed by atoms with Crippen LogP contribution in [0.15, 0.2) is 109 Å². The Morgan fingerprint density at radius 2 is 0.941 bits per heavy atom. The summed E-state index contributed by atoms with van der Waals surface area (Å²) in [7, 11) is 0. The topological polar surface area (TPSA) is 0 Å². The maximum Gasteiger partial charge on any atom is -0.0213 e. The summed E-state index contributed by atoms with van der Waals surface area (Å²) in [6, 6.07) is 38.1. The smallest absolute Gasteiger partial charge is 0.0213 e. The predicted molar refractivity (Wildman–Crippen MR) is 152 cm³/mol. The minimum atomic E-state index is 0.562. The third-order valence-corrected chi connectivity index (χ3v) is 5.72. The van der Waals surface area contributed by atoms with Gasteiger partial charge in [0, 0.05) is 0 Å². The quantitative estimate of drug-likeness (QED) is 0.259. The van der Waals surface area contributed by atoms with E-state index in [1.807, 2.05) is 12.1 Å². The fourth-order valence-corrected chi connectivity index (χ4v) is 3.72. The molecule has 0 radical (unpaired) electrons. The minimum Gasteiger partial charge on any atom is -0.0622 e. The predicted octanol–water partition coefficient (Wildman–Crippen LogP) is 9.96. The molecule has 0 saturated carbocycles. The molecule has 0 aliphatic rings. The molecular weight excluding hydrogens is 408 g/mol. The summed E-state index contributed by atoms with van der Waals surface area (Å²) < 4.78 is 0. The highest BCUT2D eigenvalue weighted by Gasteiger charge is 2.02. The lowest BCUT2D eigenvalue weighted by molar-refractivity contribution is 0.864. The maximum absolute atomic E-state index is 2.25. The normalized spacial score (nSPS) is 11.2. The molecule has 0 amide bonds. The summed E-state index contributed by atoms with van der Waals surface area (Å²) in [4.78, 5) is 0. The Bertz CT molecular complexity index is 1180. The highest BCUT2D eigenvalue weighted by Crippen LogP contribution is 2.21. The van der Waals surface area contributed by atoms with Crippen molar-refractivity contribution in [3.05, 3.63) is 143 Å². The van der Waals surface area contributed by atoms with E-state index in [0.29, 0.717) is 11.8 Å². The molecule has 0 atom stereocenters. The fraction of sp³-hybridized carbons (Fsp3) is 0.176. The fourth-order valence-electron chi connectivity index (χ4n) is 3.72. The summed E-state index contributed by atoms with van der Waals surface area (Å²) >= 11 is 0. The van der Waals surface area contributed by atoms with E-state index in [1.165, 1.54) is 33.4 Å². The second kappa shape index (κ2) is 13.2. The number of rotatable bonds is 6. The van der Waals surface area contributed by atoms with Crippen LogP contribution in [-0.4, -0.2) is 0 Å². The molecule has 0 heterocycles. The van der Waals surface area contributed by atoms with Crippen molar-refractivity contribution in [2.24, 2.45) is 0 Å². The largest absolute Gasteiger partial charge is 0.0622 e. The molecule has 0 unspecified atom stereocenters. The summed E-state index contributed by atoms with van der Waals surface area (Å²) in [6.45, 7) is 8.91. The minimum absolute atomic E-state index is 0.562. The van der Waals surface area contributed by atoms with E-state index in [-0.39, 0.29) is 0 Å². The van der Waals surface area contributed by atoms with Crippen LogP contribution in [0, 0.1) is 0 Å². The number of hydrogen-bond donors (Lipinski definition) is 0. The van der Waals surface area contributed by atoms with Gasteiger partial charge in [0.2, 0.25) is 0 Å². The monoisotopic (exact) mass is 444 g/mol. The van der Waals surface area contributed by atoms with Gasteiger partial charge in [-0.2, -0.15) is 0 Å². The van der Waals surface area contributed by atoms with Crippen LogP contribution in [0.4, 0.5) is 0 Å². The van der Waals surface area contributed by atoms with Crippen LogP contribution in [0.2, 0.25) is 0 Å². The van der Waals surface area contributed by atoms with E-state index in [9.17, 15) is 0 Å². The van der Waals surface area contributed by atoms with Gasteiger partial charge >= 0.3 is 0 Å². The van der Waals surface area contributed by atoms with E-state index in [2.05, 4.69) is 149 Å². The Labute approximate surface area is 206 Å². The molecule has 0 bridgehead atoms. The Morgan fingerprint density at radius 1 is 0.441 bits per heavy atom. The molecule has 0 aliphatic carbocycles. The van der Waals surface area contributed by atoms with Crippen molar-refractivity contribution in [3.8, 4) is 0 Å². The Kier molecular flexibility index (Phi) is 9.67. The Morgan fingerprint density at radius 3 is 1.53 bits per heavy atom. The first-order valence-electron chi connectivity index (χ1n) is 12.2. The van der Waals surface area contributed by atoms with Crippen molar-refractivity contribution < 1.29 is 0 Å². The van der Waals surface area contributed by atoms with Gasteiger partial charge in [0.25, 0.3) is 0 Å². The van der Waals surface area contributed by atoms with Crippen molar-refractivity contribution >= 4 is 24.3 Å². The van der Waals surface area contributed by atoms with Gasteiger partial charge in [-0.25, -0.2) is 0 Å². The van der Waals surface area contributed by atoms with Gasteiger partial charge in [-0.15, -0.1) is 0 Å². The third kappa shape index (κ3) is 8.05. The van der Waals surface area contributed by atoms with E-state index < -0.39 is 0 Å². The zero-order chi connectivity index (χ0) is 24.2. The molecule has 0 nitrogen and oxygen atoms in total. The summed E-state index contributed by atoms with van der Waals surface area (Å²) in [5.74, 6) is 1.15. The Hall–Kier alpha value is -3.64. The molecule has 0 spiro atoms. The molecule has 34 heavy (non-hydrogen) atoms. The van der Waals surface area contributed by atoms with Crippen molar-refractivity contribution in [2.45, 2.75) is 39.5 Å². The molecule has 0 heteroatoms. The second-order valence-electron chi connectivity index (χ2n) is 9.10. The van der Waals surface area contributed by atoms with Gasteiger partial charge < -0.3 is 0 Å². The molecule has 4 rings (SSSR count). The molecular formula is C34H36.